The molecule has 0 radical (unpaired) electrons. The van der Waals surface area contributed by atoms with Crippen LogP contribution in [0.4, 0.5) is 0 Å². The van der Waals surface area contributed by atoms with E-state index in [1.165, 1.54) is 10.9 Å². The van der Waals surface area contributed by atoms with Crippen molar-refractivity contribution in [2.45, 2.75) is 13.0 Å². The summed E-state index contributed by atoms with van der Waals surface area (Å²) in [4.78, 5) is 21.3. The number of hydrogen-bond donors (Lipinski definition) is 1. The molecule has 0 spiro atoms. The van der Waals surface area contributed by atoms with Crippen LogP contribution in [0.2, 0.25) is 0 Å². The first kappa shape index (κ1) is 20.2. The smallest absolute Gasteiger partial charge is 0.261 e. The van der Waals surface area contributed by atoms with E-state index in [1.54, 1.807) is 18.0 Å². The number of nitrogens with zero attached hydrogens (tertiary/aromatic N) is 2. The molecule has 166 valence electrons. The number of H-pyrrole nitrogens is 1. The van der Waals surface area contributed by atoms with Gasteiger partial charge in [-0.05, 0) is 52.6 Å². The van der Waals surface area contributed by atoms with E-state index in [-0.39, 0.29) is 5.56 Å². The molecule has 2 aromatic heterocycles. The third kappa shape index (κ3) is 3.33. The Bertz CT molecular complexity index is 1730. The highest BCUT2D eigenvalue weighted by atomic mass is 16.5. The molecule has 0 aliphatic rings. The zero-order chi connectivity index (χ0) is 23.1. The zero-order valence-electron chi connectivity index (χ0n) is 18.8. The van der Waals surface area contributed by atoms with Crippen LogP contribution in [0.1, 0.15) is 5.56 Å². The first-order valence-electron chi connectivity index (χ1n) is 11.3. The number of ether oxygens (including phenoxy) is 1. The molecule has 5 heteroatoms. The number of aromatic amines is 1. The van der Waals surface area contributed by atoms with E-state index in [1.807, 2.05) is 54.7 Å². The van der Waals surface area contributed by atoms with Gasteiger partial charge >= 0.3 is 0 Å². The van der Waals surface area contributed by atoms with Gasteiger partial charge in [0.05, 0.1) is 24.3 Å². The first-order chi connectivity index (χ1) is 16.7. The number of rotatable bonds is 5. The van der Waals surface area contributed by atoms with E-state index < -0.39 is 0 Å². The molecule has 0 fully saturated rings. The van der Waals surface area contributed by atoms with Gasteiger partial charge in [-0.25, -0.2) is 4.98 Å². The summed E-state index contributed by atoms with van der Waals surface area (Å²) in [5, 5.41) is 4.01. The molecule has 6 aromatic rings. The van der Waals surface area contributed by atoms with Crippen LogP contribution in [0.3, 0.4) is 0 Å². The molecule has 0 aliphatic carbocycles. The van der Waals surface area contributed by atoms with Crippen LogP contribution in [0.5, 0.6) is 5.75 Å². The van der Waals surface area contributed by atoms with E-state index in [0.717, 1.165) is 39.6 Å². The minimum absolute atomic E-state index is 0.0362. The number of aromatic nitrogens is 3. The lowest BCUT2D eigenvalue weighted by Gasteiger charge is -2.13. The number of benzene rings is 4. The Morgan fingerprint density at radius 3 is 2.62 bits per heavy atom. The minimum Gasteiger partial charge on any atom is -0.496 e. The molecule has 0 saturated carbocycles. The van der Waals surface area contributed by atoms with E-state index >= 15 is 0 Å². The van der Waals surface area contributed by atoms with Crippen LogP contribution in [0.25, 0.3) is 43.7 Å². The molecule has 34 heavy (non-hydrogen) atoms. The van der Waals surface area contributed by atoms with E-state index in [9.17, 15) is 4.79 Å². The minimum atomic E-state index is -0.0362. The maximum absolute atomic E-state index is 13.4. The Hall–Kier alpha value is -4.38. The lowest BCUT2D eigenvalue weighted by Crippen LogP contribution is -2.21. The third-order valence-corrected chi connectivity index (χ3v) is 6.52. The van der Waals surface area contributed by atoms with Gasteiger partial charge in [0, 0.05) is 29.2 Å². The number of hydrogen-bond acceptors (Lipinski definition) is 3. The van der Waals surface area contributed by atoms with Gasteiger partial charge in [-0.1, -0.05) is 54.6 Å². The van der Waals surface area contributed by atoms with Crippen LogP contribution in [-0.2, 0) is 13.0 Å². The van der Waals surface area contributed by atoms with Crippen molar-refractivity contribution in [3.05, 3.63) is 107 Å². The fourth-order valence-corrected chi connectivity index (χ4v) is 4.77. The number of fused-ring (bicyclic) bond motifs is 3. The molecular formula is C29H23N3O2. The molecule has 5 nitrogen and oxygen atoms in total. The highest BCUT2D eigenvalue weighted by Gasteiger charge is 2.13. The van der Waals surface area contributed by atoms with Crippen molar-refractivity contribution in [1.29, 1.82) is 0 Å². The Balaban J connectivity index is 1.42. The predicted octanol–water partition coefficient (Wildman–Crippen LogP) is 5.95. The standard InChI is InChI=1S/C29H23N3O2/c1-34-27-13-11-19-6-2-3-8-23(19)28(27)20-10-12-26-24(16-20)29(33)32(18-31-26)15-14-21-17-30-25-9-5-4-7-22(21)25/h2-13,16-18,30H,14-15H2,1H3. The van der Waals surface area contributed by atoms with Gasteiger partial charge < -0.3 is 9.72 Å². The van der Waals surface area contributed by atoms with E-state index in [4.69, 9.17) is 4.74 Å². The average molecular weight is 446 g/mol. The lowest BCUT2D eigenvalue weighted by molar-refractivity contribution is 0.417. The lowest BCUT2D eigenvalue weighted by atomic mass is 9.96. The SMILES string of the molecule is COc1ccc2ccccc2c1-c1ccc2ncn(CCc3c[nH]c4ccccc34)c(=O)c2c1. The van der Waals surface area contributed by atoms with Gasteiger partial charge in [-0.3, -0.25) is 9.36 Å². The fraction of sp³-hybridized carbons (Fsp3) is 0.103. The molecule has 1 N–H and O–H groups in total. The van der Waals surface area contributed by atoms with Crippen LogP contribution >= 0.6 is 0 Å². The average Bonchev–Trinajstić information content (AvgIpc) is 3.30. The second-order valence-electron chi connectivity index (χ2n) is 8.45. The molecule has 0 atom stereocenters. The quantitative estimate of drug-likeness (QED) is 0.357. The Kier molecular flexibility index (Phi) is 4.88. The maximum Gasteiger partial charge on any atom is 0.261 e. The molecular weight excluding hydrogens is 422 g/mol. The van der Waals surface area contributed by atoms with Gasteiger partial charge in [0.15, 0.2) is 0 Å². The first-order valence-corrected chi connectivity index (χ1v) is 11.3. The highest BCUT2D eigenvalue weighted by molar-refractivity contribution is 6.01. The van der Waals surface area contributed by atoms with Gasteiger partial charge in [0.2, 0.25) is 0 Å². The summed E-state index contributed by atoms with van der Waals surface area (Å²) in [5.74, 6) is 0.779. The predicted molar refractivity (Wildman–Crippen MR) is 137 cm³/mol. The Morgan fingerprint density at radius 1 is 0.912 bits per heavy atom. The summed E-state index contributed by atoms with van der Waals surface area (Å²) in [5.41, 5.74) is 4.87. The van der Waals surface area contributed by atoms with Crippen molar-refractivity contribution in [2.75, 3.05) is 7.11 Å². The number of nitrogens with one attached hydrogen (secondary N) is 1. The molecule has 2 heterocycles. The van der Waals surface area contributed by atoms with Crippen LogP contribution < -0.4 is 10.3 Å². The molecule has 4 aromatic carbocycles. The van der Waals surface area contributed by atoms with E-state index in [0.29, 0.717) is 17.4 Å². The number of para-hydroxylation sites is 1. The van der Waals surface area contributed by atoms with Gasteiger partial charge in [0.25, 0.3) is 5.56 Å². The van der Waals surface area contributed by atoms with Crippen molar-refractivity contribution >= 4 is 32.6 Å². The van der Waals surface area contributed by atoms with Crippen molar-refractivity contribution < 1.29 is 4.74 Å². The molecule has 0 saturated heterocycles. The summed E-state index contributed by atoms with van der Waals surface area (Å²) in [6.07, 6.45) is 4.42. The summed E-state index contributed by atoms with van der Waals surface area (Å²) >= 11 is 0. The second kappa shape index (κ2) is 8.19. The van der Waals surface area contributed by atoms with Gasteiger partial charge in [-0.2, -0.15) is 0 Å². The maximum atomic E-state index is 13.4. The van der Waals surface area contributed by atoms with Crippen molar-refractivity contribution in [3.63, 3.8) is 0 Å². The third-order valence-electron chi connectivity index (χ3n) is 6.52. The highest BCUT2D eigenvalue weighted by Crippen LogP contribution is 2.37. The fourth-order valence-electron chi connectivity index (χ4n) is 4.77. The molecule has 0 bridgehead atoms. The van der Waals surface area contributed by atoms with Crippen molar-refractivity contribution in [3.8, 4) is 16.9 Å². The monoisotopic (exact) mass is 445 g/mol. The summed E-state index contributed by atoms with van der Waals surface area (Å²) in [6.45, 7) is 0.561. The Labute approximate surface area is 196 Å². The largest absolute Gasteiger partial charge is 0.496 e. The molecule has 0 aliphatic heterocycles. The number of methoxy groups -OCH3 is 1. The molecule has 0 unspecified atom stereocenters. The molecule has 6 rings (SSSR count). The summed E-state index contributed by atoms with van der Waals surface area (Å²) in [7, 11) is 1.67. The zero-order valence-corrected chi connectivity index (χ0v) is 18.8. The van der Waals surface area contributed by atoms with Crippen LogP contribution in [0.15, 0.2) is 96.2 Å². The van der Waals surface area contributed by atoms with Gasteiger partial charge in [-0.15, -0.1) is 0 Å². The van der Waals surface area contributed by atoms with Crippen LogP contribution in [0, 0.1) is 0 Å². The Morgan fingerprint density at radius 2 is 1.74 bits per heavy atom. The van der Waals surface area contributed by atoms with E-state index in [2.05, 4.69) is 40.3 Å². The number of aryl methyl sites for hydroxylation is 2. The summed E-state index contributed by atoms with van der Waals surface area (Å²) in [6, 6.07) is 26.3. The van der Waals surface area contributed by atoms with Crippen molar-refractivity contribution in [1.82, 2.24) is 14.5 Å². The molecule has 0 amide bonds. The van der Waals surface area contributed by atoms with Gasteiger partial charge in [0.1, 0.15) is 5.75 Å². The normalized spacial score (nSPS) is 11.4. The summed E-state index contributed by atoms with van der Waals surface area (Å²) < 4.78 is 7.39. The topological polar surface area (TPSA) is 59.9 Å². The second-order valence-corrected chi connectivity index (χ2v) is 8.45. The van der Waals surface area contributed by atoms with Crippen molar-refractivity contribution in [2.24, 2.45) is 0 Å². The van der Waals surface area contributed by atoms with Crippen LogP contribution in [-0.4, -0.2) is 21.6 Å².